The van der Waals surface area contributed by atoms with Gasteiger partial charge in [-0.3, -0.25) is 4.98 Å². The molecule has 4 aliphatic carbocycles. The third kappa shape index (κ3) is 2.58. The van der Waals surface area contributed by atoms with E-state index < -0.39 is 11.2 Å². The normalized spacial score (nSPS) is 45.1. The lowest BCUT2D eigenvalue weighted by Gasteiger charge is -2.35. The molecule has 5 rings (SSSR count). The van der Waals surface area contributed by atoms with E-state index in [0.29, 0.717) is 36.5 Å². The first-order valence-corrected chi connectivity index (χ1v) is 11.4. The third-order valence-corrected chi connectivity index (χ3v) is 9.84. The zero-order chi connectivity index (χ0) is 19.9. The van der Waals surface area contributed by atoms with Crippen molar-refractivity contribution in [3.63, 3.8) is 0 Å². The Hall–Kier alpha value is -0.930. The Morgan fingerprint density at radius 2 is 1.21 bits per heavy atom. The molecule has 4 aliphatic rings. The second-order valence-corrected chi connectivity index (χ2v) is 11.9. The summed E-state index contributed by atoms with van der Waals surface area (Å²) >= 11 is 0. The first-order chi connectivity index (χ1) is 13.0. The Bertz CT molecular complexity index is 725. The molecule has 2 N–H and O–H groups in total. The largest absolute Gasteiger partial charge is 0.389 e. The van der Waals surface area contributed by atoms with Crippen LogP contribution in [0.5, 0.6) is 0 Å². The number of aromatic nitrogens is 1. The second-order valence-electron chi connectivity index (χ2n) is 11.9. The average Bonchev–Trinajstić information content (AvgIpc) is 3.16. The minimum absolute atomic E-state index is 0.246. The molecule has 4 bridgehead atoms. The van der Waals surface area contributed by atoms with Gasteiger partial charge in [-0.25, -0.2) is 0 Å². The smallest absolute Gasteiger partial charge is 0.0739 e. The molecule has 6 atom stereocenters. The van der Waals surface area contributed by atoms with Gasteiger partial charge in [-0.05, 0) is 85.2 Å². The van der Waals surface area contributed by atoms with Crippen molar-refractivity contribution >= 4 is 0 Å². The molecule has 4 saturated carbocycles. The van der Waals surface area contributed by atoms with E-state index in [0.717, 1.165) is 37.1 Å². The molecular formula is C25H37NO2. The molecule has 0 radical (unpaired) electrons. The molecule has 3 nitrogen and oxygen atoms in total. The molecule has 6 unspecified atom stereocenters. The van der Waals surface area contributed by atoms with E-state index in [1.54, 1.807) is 0 Å². The van der Waals surface area contributed by atoms with E-state index in [1.807, 2.05) is 0 Å². The molecule has 1 aromatic rings. The van der Waals surface area contributed by atoms with Crippen LogP contribution in [-0.4, -0.2) is 26.4 Å². The van der Waals surface area contributed by atoms with Crippen LogP contribution in [0.25, 0.3) is 0 Å². The van der Waals surface area contributed by atoms with E-state index >= 15 is 0 Å². The Balaban J connectivity index is 1.34. The molecule has 0 aliphatic heterocycles. The summed E-state index contributed by atoms with van der Waals surface area (Å²) in [7, 11) is 0. The molecule has 1 heterocycles. The first-order valence-electron chi connectivity index (χ1n) is 11.4. The van der Waals surface area contributed by atoms with Gasteiger partial charge in [-0.15, -0.1) is 0 Å². The van der Waals surface area contributed by atoms with E-state index in [1.165, 1.54) is 12.8 Å². The Morgan fingerprint density at radius 3 is 1.54 bits per heavy atom. The topological polar surface area (TPSA) is 53.4 Å². The number of pyridine rings is 1. The molecular weight excluding hydrogens is 346 g/mol. The highest BCUT2D eigenvalue weighted by Gasteiger charge is 2.61. The SMILES string of the molecule is CC1(C)C2CCC1C(O)(Cc1cccc(CC3(O)CC4CCC3C4(C)C)n1)C2. The fraction of sp³-hybridized carbons (Fsp3) is 0.800. The summed E-state index contributed by atoms with van der Waals surface area (Å²) < 4.78 is 0. The zero-order valence-corrected chi connectivity index (χ0v) is 18.0. The van der Waals surface area contributed by atoms with Gasteiger partial charge in [-0.2, -0.15) is 0 Å². The van der Waals surface area contributed by atoms with Crippen molar-refractivity contribution in [2.45, 2.75) is 90.3 Å². The van der Waals surface area contributed by atoms with Gasteiger partial charge in [0.05, 0.1) is 11.2 Å². The fourth-order valence-corrected chi connectivity index (χ4v) is 8.33. The number of fused-ring (bicyclic) bond motifs is 4. The second kappa shape index (κ2) is 5.82. The van der Waals surface area contributed by atoms with Crippen molar-refractivity contribution in [1.29, 1.82) is 0 Å². The standard InChI is InChI=1S/C25H37NO2/c1-22(2)16-8-10-20(22)24(27,12-16)14-18-6-5-7-19(26-18)15-25(28)13-17-9-11-21(25)23(17,3)4/h5-7,16-17,20-21,27-28H,8-15H2,1-4H3. The van der Waals surface area contributed by atoms with Crippen LogP contribution in [0.1, 0.15) is 77.6 Å². The van der Waals surface area contributed by atoms with Crippen LogP contribution < -0.4 is 0 Å². The Labute approximate surface area is 170 Å². The number of rotatable bonds is 4. The van der Waals surface area contributed by atoms with E-state index in [4.69, 9.17) is 4.98 Å². The summed E-state index contributed by atoms with van der Waals surface area (Å²) in [6.45, 7) is 9.35. The number of nitrogens with zero attached hydrogens (tertiary/aromatic N) is 1. The lowest BCUT2D eigenvalue weighted by Crippen LogP contribution is -2.41. The van der Waals surface area contributed by atoms with E-state index in [9.17, 15) is 10.2 Å². The summed E-state index contributed by atoms with van der Waals surface area (Å²) in [6, 6.07) is 6.20. The summed E-state index contributed by atoms with van der Waals surface area (Å²) in [4.78, 5) is 4.93. The van der Waals surface area contributed by atoms with Crippen molar-refractivity contribution in [1.82, 2.24) is 4.98 Å². The van der Waals surface area contributed by atoms with Gasteiger partial charge in [0.15, 0.2) is 0 Å². The quantitative estimate of drug-likeness (QED) is 0.802. The van der Waals surface area contributed by atoms with Gasteiger partial charge >= 0.3 is 0 Å². The van der Waals surface area contributed by atoms with Gasteiger partial charge in [0.2, 0.25) is 0 Å². The maximum absolute atomic E-state index is 11.5. The highest BCUT2D eigenvalue weighted by molar-refractivity contribution is 5.21. The van der Waals surface area contributed by atoms with Crippen LogP contribution in [-0.2, 0) is 12.8 Å². The molecule has 0 aromatic carbocycles. The van der Waals surface area contributed by atoms with Crippen molar-refractivity contribution in [2.24, 2.45) is 34.5 Å². The van der Waals surface area contributed by atoms with Crippen LogP contribution in [0.2, 0.25) is 0 Å². The van der Waals surface area contributed by atoms with Crippen LogP contribution in [0.4, 0.5) is 0 Å². The highest BCUT2D eigenvalue weighted by atomic mass is 16.3. The third-order valence-electron chi connectivity index (χ3n) is 9.84. The van der Waals surface area contributed by atoms with Crippen molar-refractivity contribution in [3.8, 4) is 0 Å². The maximum Gasteiger partial charge on any atom is 0.0739 e. The van der Waals surface area contributed by atoms with Gasteiger partial charge < -0.3 is 10.2 Å². The predicted molar refractivity (Wildman–Crippen MR) is 111 cm³/mol. The lowest BCUT2D eigenvalue weighted by molar-refractivity contribution is -0.0272. The van der Waals surface area contributed by atoms with Crippen molar-refractivity contribution < 1.29 is 10.2 Å². The first kappa shape index (κ1) is 19.1. The summed E-state index contributed by atoms with van der Waals surface area (Å²) in [5, 5.41) is 22.9. The number of aliphatic hydroxyl groups is 2. The molecule has 4 fully saturated rings. The molecule has 1 aromatic heterocycles. The molecule has 28 heavy (non-hydrogen) atoms. The molecule has 154 valence electrons. The molecule has 0 saturated heterocycles. The van der Waals surface area contributed by atoms with Crippen molar-refractivity contribution in [2.75, 3.05) is 0 Å². The zero-order valence-electron chi connectivity index (χ0n) is 18.0. The van der Waals surface area contributed by atoms with E-state index in [2.05, 4.69) is 45.9 Å². The fourth-order valence-electron chi connectivity index (χ4n) is 8.33. The van der Waals surface area contributed by atoms with Crippen LogP contribution in [0.15, 0.2) is 18.2 Å². The summed E-state index contributed by atoms with van der Waals surface area (Å²) in [5.41, 5.74) is 1.27. The van der Waals surface area contributed by atoms with E-state index in [-0.39, 0.29) is 10.8 Å². The minimum Gasteiger partial charge on any atom is -0.389 e. The van der Waals surface area contributed by atoms with Crippen LogP contribution in [0, 0.1) is 34.5 Å². The van der Waals surface area contributed by atoms with Gasteiger partial charge in [0.25, 0.3) is 0 Å². The van der Waals surface area contributed by atoms with Crippen molar-refractivity contribution in [3.05, 3.63) is 29.6 Å². The Morgan fingerprint density at radius 1 is 0.786 bits per heavy atom. The summed E-state index contributed by atoms with van der Waals surface area (Å²) in [6.07, 6.45) is 7.95. The number of hydrogen-bond acceptors (Lipinski definition) is 3. The Kier molecular flexibility index (Phi) is 3.96. The van der Waals surface area contributed by atoms with Crippen LogP contribution in [0.3, 0.4) is 0 Å². The predicted octanol–water partition coefficient (Wildman–Crippen LogP) is 4.54. The summed E-state index contributed by atoms with van der Waals surface area (Å²) in [5.74, 6) is 2.04. The molecule has 3 heteroatoms. The van der Waals surface area contributed by atoms with Gasteiger partial charge in [0.1, 0.15) is 0 Å². The van der Waals surface area contributed by atoms with Crippen LogP contribution >= 0.6 is 0 Å². The molecule has 0 amide bonds. The average molecular weight is 384 g/mol. The van der Waals surface area contributed by atoms with Gasteiger partial charge in [-0.1, -0.05) is 33.8 Å². The minimum atomic E-state index is -0.608. The van der Waals surface area contributed by atoms with Gasteiger partial charge in [0, 0.05) is 24.2 Å². The lowest BCUT2D eigenvalue weighted by atomic mass is 9.76. The highest BCUT2D eigenvalue weighted by Crippen LogP contribution is 2.63. The molecule has 0 spiro atoms. The maximum atomic E-state index is 11.5. The number of hydrogen-bond donors (Lipinski definition) is 2. The monoisotopic (exact) mass is 383 g/mol.